The third kappa shape index (κ3) is 1.23. The number of halogens is 1. The second-order valence-electron chi connectivity index (χ2n) is 2.66. The molecule has 0 aliphatic carbocycles. The SMILES string of the molecule is O=C(O)c1cn2ccccc2c1Br. The van der Waals surface area contributed by atoms with E-state index < -0.39 is 5.97 Å². The van der Waals surface area contributed by atoms with Crippen molar-refractivity contribution in [2.45, 2.75) is 0 Å². The van der Waals surface area contributed by atoms with Gasteiger partial charge in [0.1, 0.15) is 0 Å². The van der Waals surface area contributed by atoms with E-state index in [0.29, 0.717) is 4.47 Å². The van der Waals surface area contributed by atoms with Gasteiger partial charge in [0.2, 0.25) is 0 Å². The molecule has 2 rings (SSSR count). The normalized spacial score (nSPS) is 10.5. The molecule has 0 atom stereocenters. The van der Waals surface area contributed by atoms with Gasteiger partial charge in [0.05, 0.1) is 15.6 Å². The third-order valence-electron chi connectivity index (χ3n) is 1.85. The van der Waals surface area contributed by atoms with Crippen molar-refractivity contribution in [3.63, 3.8) is 0 Å². The fourth-order valence-corrected chi connectivity index (χ4v) is 1.85. The van der Waals surface area contributed by atoms with Gasteiger partial charge >= 0.3 is 5.97 Å². The van der Waals surface area contributed by atoms with Crippen LogP contribution in [0.3, 0.4) is 0 Å². The largest absolute Gasteiger partial charge is 0.478 e. The number of hydrogen-bond acceptors (Lipinski definition) is 1. The zero-order valence-electron chi connectivity index (χ0n) is 6.57. The van der Waals surface area contributed by atoms with Crippen LogP contribution in [0.15, 0.2) is 35.1 Å². The Morgan fingerprint density at radius 2 is 2.23 bits per heavy atom. The van der Waals surface area contributed by atoms with E-state index >= 15 is 0 Å². The van der Waals surface area contributed by atoms with E-state index in [0.717, 1.165) is 5.52 Å². The minimum absolute atomic E-state index is 0.284. The average molecular weight is 240 g/mol. The molecule has 2 aromatic heterocycles. The molecule has 0 radical (unpaired) electrons. The highest BCUT2D eigenvalue weighted by Crippen LogP contribution is 2.24. The summed E-state index contributed by atoms with van der Waals surface area (Å²) in [5, 5.41) is 8.82. The first-order valence-corrected chi connectivity index (χ1v) is 4.48. The summed E-state index contributed by atoms with van der Waals surface area (Å²) in [5.41, 5.74) is 1.14. The molecule has 0 aliphatic rings. The van der Waals surface area contributed by atoms with Gasteiger partial charge in [-0.25, -0.2) is 4.79 Å². The first-order chi connectivity index (χ1) is 6.20. The second-order valence-corrected chi connectivity index (χ2v) is 3.45. The summed E-state index contributed by atoms with van der Waals surface area (Å²) >= 11 is 3.25. The molecule has 0 saturated carbocycles. The molecule has 13 heavy (non-hydrogen) atoms. The molecule has 0 saturated heterocycles. The van der Waals surface area contributed by atoms with Gasteiger partial charge in [-0.05, 0) is 28.1 Å². The third-order valence-corrected chi connectivity index (χ3v) is 2.68. The van der Waals surface area contributed by atoms with E-state index in [1.54, 1.807) is 10.6 Å². The van der Waals surface area contributed by atoms with Crippen LogP contribution in [0, 0.1) is 0 Å². The summed E-state index contributed by atoms with van der Waals surface area (Å²) in [6.07, 6.45) is 3.40. The fourth-order valence-electron chi connectivity index (χ4n) is 1.24. The first-order valence-electron chi connectivity index (χ1n) is 3.68. The van der Waals surface area contributed by atoms with E-state index in [9.17, 15) is 4.79 Å². The predicted molar refractivity (Wildman–Crippen MR) is 52.1 cm³/mol. The van der Waals surface area contributed by atoms with E-state index in [1.165, 1.54) is 0 Å². The maximum Gasteiger partial charge on any atom is 0.338 e. The van der Waals surface area contributed by atoms with Gasteiger partial charge in [-0.2, -0.15) is 0 Å². The van der Waals surface area contributed by atoms with Crippen LogP contribution in [0.2, 0.25) is 0 Å². The fraction of sp³-hybridized carbons (Fsp3) is 0. The lowest BCUT2D eigenvalue weighted by atomic mass is 10.3. The van der Waals surface area contributed by atoms with Crippen LogP contribution < -0.4 is 0 Å². The number of hydrogen-bond donors (Lipinski definition) is 1. The number of carboxylic acids is 1. The second kappa shape index (κ2) is 2.88. The Balaban J connectivity index is 2.81. The molecule has 2 aromatic rings. The summed E-state index contributed by atoms with van der Waals surface area (Å²) < 4.78 is 2.40. The van der Waals surface area contributed by atoms with Crippen LogP contribution in [0.5, 0.6) is 0 Å². The van der Waals surface area contributed by atoms with Crippen LogP contribution in [0.1, 0.15) is 10.4 Å². The Morgan fingerprint density at radius 1 is 1.46 bits per heavy atom. The van der Waals surface area contributed by atoms with Gasteiger partial charge in [-0.3, -0.25) is 0 Å². The molecule has 0 spiro atoms. The zero-order chi connectivity index (χ0) is 9.42. The Bertz CT molecular complexity index is 475. The van der Waals surface area contributed by atoms with Crippen molar-refractivity contribution in [3.8, 4) is 0 Å². The maximum absolute atomic E-state index is 10.7. The minimum Gasteiger partial charge on any atom is -0.478 e. The Kier molecular flexibility index (Phi) is 1.84. The Morgan fingerprint density at radius 3 is 2.85 bits per heavy atom. The van der Waals surface area contributed by atoms with Crippen LogP contribution in [-0.2, 0) is 0 Å². The van der Waals surface area contributed by atoms with Gasteiger partial charge < -0.3 is 9.51 Å². The van der Waals surface area contributed by atoms with Gasteiger partial charge in [0.15, 0.2) is 0 Å². The summed E-state index contributed by atoms with van der Waals surface area (Å²) in [5.74, 6) is -0.921. The minimum atomic E-state index is -0.921. The summed E-state index contributed by atoms with van der Waals surface area (Å²) in [7, 11) is 0. The lowest BCUT2D eigenvalue weighted by molar-refractivity contribution is 0.0696. The number of pyridine rings is 1. The van der Waals surface area contributed by atoms with E-state index in [1.807, 2.05) is 24.4 Å². The van der Waals surface area contributed by atoms with Crippen LogP contribution in [0.25, 0.3) is 5.52 Å². The number of fused-ring (bicyclic) bond motifs is 1. The molecule has 3 nitrogen and oxygen atoms in total. The van der Waals surface area contributed by atoms with E-state index in [2.05, 4.69) is 15.9 Å². The van der Waals surface area contributed by atoms with Crippen LogP contribution in [0.4, 0.5) is 0 Å². The lowest BCUT2D eigenvalue weighted by Crippen LogP contribution is -1.93. The van der Waals surface area contributed by atoms with Crippen molar-refractivity contribution in [2.24, 2.45) is 0 Å². The molecular formula is C9H6BrNO2. The van der Waals surface area contributed by atoms with Gasteiger partial charge in [0.25, 0.3) is 0 Å². The Labute approximate surface area is 82.7 Å². The van der Waals surface area contributed by atoms with Crippen molar-refractivity contribution in [2.75, 3.05) is 0 Å². The molecule has 4 heteroatoms. The van der Waals surface area contributed by atoms with Crippen molar-refractivity contribution in [1.82, 2.24) is 4.40 Å². The number of nitrogens with zero attached hydrogens (tertiary/aromatic N) is 1. The van der Waals surface area contributed by atoms with E-state index in [-0.39, 0.29) is 5.56 Å². The monoisotopic (exact) mass is 239 g/mol. The van der Waals surface area contributed by atoms with Crippen molar-refractivity contribution < 1.29 is 9.90 Å². The molecule has 1 N–H and O–H groups in total. The number of aromatic carboxylic acids is 1. The highest BCUT2D eigenvalue weighted by atomic mass is 79.9. The van der Waals surface area contributed by atoms with Crippen LogP contribution in [-0.4, -0.2) is 15.5 Å². The molecule has 0 unspecified atom stereocenters. The molecular weight excluding hydrogens is 234 g/mol. The average Bonchev–Trinajstić information content (AvgIpc) is 2.45. The number of rotatable bonds is 1. The van der Waals surface area contributed by atoms with Crippen LogP contribution >= 0.6 is 15.9 Å². The van der Waals surface area contributed by atoms with Gasteiger partial charge in [0, 0.05) is 12.4 Å². The highest BCUT2D eigenvalue weighted by molar-refractivity contribution is 9.10. The number of aromatic nitrogens is 1. The molecule has 0 fully saturated rings. The van der Waals surface area contributed by atoms with Gasteiger partial charge in [-0.15, -0.1) is 0 Å². The number of carbonyl (C=O) groups is 1. The smallest absolute Gasteiger partial charge is 0.338 e. The molecule has 0 aliphatic heterocycles. The van der Waals surface area contributed by atoms with Crippen molar-refractivity contribution in [3.05, 3.63) is 40.6 Å². The zero-order valence-corrected chi connectivity index (χ0v) is 8.15. The molecule has 0 aromatic carbocycles. The van der Waals surface area contributed by atoms with Gasteiger partial charge in [-0.1, -0.05) is 6.07 Å². The summed E-state index contributed by atoms with van der Waals surface area (Å²) in [6, 6.07) is 5.58. The molecule has 0 amide bonds. The lowest BCUT2D eigenvalue weighted by Gasteiger charge is -1.91. The molecule has 2 heterocycles. The highest BCUT2D eigenvalue weighted by Gasteiger charge is 2.12. The number of carboxylic acid groups (broad SMARTS) is 1. The Hall–Kier alpha value is -1.29. The first kappa shape index (κ1) is 8.31. The molecule has 66 valence electrons. The quantitative estimate of drug-likeness (QED) is 0.831. The standard InChI is InChI=1S/C9H6BrNO2/c10-8-6(9(12)13)5-11-4-2-1-3-7(8)11/h1-5H,(H,12,13). The summed E-state index contributed by atoms with van der Waals surface area (Å²) in [6.45, 7) is 0. The van der Waals surface area contributed by atoms with Crippen molar-refractivity contribution >= 4 is 27.4 Å². The maximum atomic E-state index is 10.7. The van der Waals surface area contributed by atoms with Crippen molar-refractivity contribution in [1.29, 1.82) is 0 Å². The molecule has 0 bridgehead atoms. The summed E-state index contributed by atoms with van der Waals surface area (Å²) in [4.78, 5) is 10.7. The topological polar surface area (TPSA) is 41.7 Å². The van der Waals surface area contributed by atoms with E-state index in [4.69, 9.17) is 5.11 Å². The predicted octanol–water partition coefficient (Wildman–Crippen LogP) is 2.40.